The van der Waals surface area contributed by atoms with Crippen LogP contribution in [0.15, 0.2) is 89.8 Å². The van der Waals surface area contributed by atoms with Crippen LogP contribution in [0.25, 0.3) is 0 Å². The average molecular weight is 424 g/mol. The van der Waals surface area contributed by atoms with Crippen molar-refractivity contribution in [3.63, 3.8) is 0 Å². The number of carbonyl (C=O) groups excluding carboxylic acids is 1. The first kappa shape index (κ1) is 21.4. The van der Waals surface area contributed by atoms with Gasteiger partial charge in [-0.25, -0.2) is 8.42 Å². The molecule has 0 unspecified atom stereocenters. The minimum Gasteiger partial charge on any atom is -0.385 e. The smallest absolute Gasteiger partial charge is 0.264 e. The van der Waals surface area contributed by atoms with Gasteiger partial charge in [0.1, 0.15) is 0 Å². The highest BCUT2D eigenvalue weighted by atomic mass is 32.2. The van der Waals surface area contributed by atoms with E-state index in [1.165, 1.54) is 23.5 Å². The number of hydrogen-bond acceptors (Lipinski definition) is 4. The molecule has 2 N–H and O–H groups in total. The minimum absolute atomic E-state index is 0.0762. The normalized spacial score (nSPS) is 11.0. The van der Waals surface area contributed by atoms with Crippen LogP contribution in [0.1, 0.15) is 16.8 Å². The number of sulfonamides is 1. The van der Waals surface area contributed by atoms with Crippen molar-refractivity contribution >= 4 is 27.3 Å². The van der Waals surface area contributed by atoms with Crippen molar-refractivity contribution in [3.05, 3.63) is 90.5 Å². The van der Waals surface area contributed by atoms with Gasteiger partial charge in [-0.15, -0.1) is 0 Å². The van der Waals surface area contributed by atoms with Gasteiger partial charge in [0.25, 0.3) is 15.9 Å². The Labute approximate surface area is 177 Å². The molecule has 0 fully saturated rings. The Morgan fingerprint density at radius 3 is 2.23 bits per heavy atom. The molecule has 0 aromatic heterocycles. The molecule has 0 atom stereocenters. The van der Waals surface area contributed by atoms with Crippen LogP contribution in [0, 0.1) is 0 Å². The van der Waals surface area contributed by atoms with E-state index in [-0.39, 0.29) is 10.8 Å². The monoisotopic (exact) mass is 423 g/mol. The molecule has 3 aromatic carbocycles. The molecule has 0 bridgehead atoms. The zero-order valence-corrected chi connectivity index (χ0v) is 17.6. The lowest BCUT2D eigenvalue weighted by molar-refractivity contribution is 0.0953. The van der Waals surface area contributed by atoms with Crippen molar-refractivity contribution in [3.8, 4) is 0 Å². The molecule has 0 heterocycles. The second kappa shape index (κ2) is 9.93. The number of anilines is 2. The number of amides is 1. The van der Waals surface area contributed by atoms with Crippen LogP contribution in [-0.4, -0.2) is 34.5 Å². The molecule has 3 rings (SSSR count). The fourth-order valence-electron chi connectivity index (χ4n) is 2.91. The molecule has 0 spiro atoms. The molecular formula is C23H25N3O3S. The number of hydrogen-bond donors (Lipinski definition) is 2. The number of nitrogens with zero attached hydrogens (tertiary/aromatic N) is 1. The van der Waals surface area contributed by atoms with E-state index < -0.39 is 10.0 Å². The standard InChI is InChI=1S/C23H25N3O3S/c1-26(21-13-6-3-7-14-21)30(28,29)22-15-8-10-19(18-22)23(27)25-17-9-16-24-20-11-4-2-5-12-20/h2-8,10-15,18,24H,9,16-17H2,1H3,(H,25,27). The fraction of sp³-hybridized carbons (Fsp3) is 0.174. The molecule has 0 aliphatic carbocycles. The molecule has 6 nitrogen and oxygen atoms in total. The van der Waals surface area contributed by atoms with E-state index in [0.29, 0.717) is 17.8 Å². The number of rotatable bonds is 9. The van der Waals surface area contributed by atoms with E-state index in [2.05, 4.69) is 10.6 Å². The van der Waals surface area contributed by atoms with Gasteiger partial charge in [-0.3, -0.25) is 9.10 Å². The fourth-order valence-corrected chi connectivity index (χ4v) is 4.16. The molecular weight excluding hydrogens is 398 g/mol. The van der Waals surface area contributed by atoms with Crippen LogP contribution in [0.3, 0.4) is 0 Å². The Balaban J connectivity index is 1.58. The summed E-state index contributed by atoms with van der Waals surface area (Å²) in [6.07, 6.45) is 0.745. The van der Waals surface area contributed by atoms with Crippen molar-refractivity contribution in [2.24, 2.45) is 0 Å². The number of nitrogens with one attached hydrogen (secondary N) is 2. The first-order valence-electron chi connectivity index (χ1n) is 9.69. The predicted octanol–water partition coefficient (Wildman–Crippen LogP) is 3.74. The molecule has 0 radical (unpaired) electrons. The Bertz CT molecular complexity index is 1070. The highest BCUT2D eigenvalue weighted by Crippen LogP contribution is 2.22. The highest BCUT2D eigenvalue weighted by molar-refractivity contribution is 7.92. The summed E-state index contributed by atoms with van der Waals surface area (Å²) in [5.41, 5.74) is 1.90. The molecule has 0 saturated heterocycles. The van der Waals surface area contributed by atoms with Crippen LogP contribution in [-0.2, 0) is 10.0 Å². The molecule has 7 heteroatoms. The van der Waals surface area contributed by atoms with E-state index in [0.717, 1.165) is 18.7 Å². The summed E-state index contributed by atoms with van der Waals surface area (Å²) >= 11 is 0. The first-order valence-corrected chi connectivity index (χ1v) is 11.1. The SMILES string of the molecule is CN(c1ccccc1)S(=O)(=O)c1cccc(C(=O)NCCCNc2ccccc2)c1. The van der Waals surface area contributed by atoms with E-state index in [1.807, 2.05) is 36.4 Å². The van der Waals surface area contributed by atoms with Crippen LogP contribution in [0.2, 0.25) is 0 Å². The van der Waals surface area contributed by atoms with E-state index in [1.54, 1.807) is 36.4 Å². The summed E-state index contributed by atoms with van der Waals surface area (Å²) in [5, 5.41) is 6.12. The van der Waals surface area contributed by atoms with Crippen LogP contribution < -0.4 is 14.9 Å². The van der Waals surface area contributed by atoms with Crippen molar-refractivity contribution in [2.45, 2.75) is 11.3 Å². The molecule has 156 valence electrons. The largest absolute Gasteiger partial charge is 0.385 e. The number of carbonyl (C=O) groups is 1. The maximum absolute atomic E-state index is 12.9. The lowest BCUT2D eigenvalue weighted by Crippen LogP contribution is -2.28. The molecule has 3 aromatic rings. The predicted molar refractivity (Wildman–Crippen MR) is 120 cm³/mol. The summed E-state index contributed by atoms with van der Waals surface area (Å²) in [4.78, 5) is 12.5. The second-order valence-corrected chi connectivity index (χ2v) is 8.71. The summed E-state index contributed by atoms with van der Waals surface area (Å²) in [7, 11) is -2.27. The van der Waals surface area contributed by atoms with Crippen LogP contribution in [0.5, 0.6) is 0 Å². The Kier molecular flexibility index (Phi) is 7.08. The van der Waals surface area contributed by atoms with Gasteiger partial charge in [-0.2, -0.15) is 0 Å². The van der Waals surface area contributed by atoms with Crippen LogP contribution >= 0.6 is 0 Å². The highest BCUT2D eigenvalue weighted by Gasteiger charge is 2.22. The lowest BCUT2D eigenvalue weighted by Gasteiger charge is -2.19. The van der Waals surface area contributed by atoms with Crippen molar-refractivity contribution in [1.29, 1.82) is 0 Å². The third-order valence-electron chi connectivity index (χ3n) is 4.62. The quantitative estimate of drug-likeness (QED) is 0.514. The molecule has 0 aliphatic rings. The number of benzene rings is 3. The topological polar surface area (TPSA) is 78.5 Å². The zero-order valence-electron chi connectivity index (χ0n) is 16.8. The van der Waals surface area contributed by atoms with Gasteiger partial charge in [-0.1, -0.05) is 42.5 Å². The Morgan fingerprint density at radius 1 is 0.867 bits per heavy atom. The van der Waals surface area contributed by atoms with Crippen molar-refractivity contribution in [1.82, 2.24) is 5.32 Å². The van der Waals surface area contributed by atoms with Crippen molar-refractivity contribution in [2.75, 3.05) is 29.8 Å². The third-order valence-corrected chi connectivity index (χ3v) is 6.40. The summed E-state index contributed by atoms with van der Waals surface area (Å²) < 4.78 is 27.1. The van der Waals surface area contributed by atoms with Gasteiger partial charge in [0.2, 0.25) is 0 Å². The van der Waals surface area contributed by atoms with Gasteiger partial charge < -0.3 is 10.6 Å². The van der Waals surface area contributed by atoms with Gasteiger partial charge in [0.15, 0.2) is 0 Å². The first-order chi connectivity index (χ1) is 14.5. The number of para-hydroxylation sites is 2. The van der Waals surface area contributed by atoms with Crippen LogP contribution in [0.4, 0.5) is 11.4 Å². The van der Waals surface area contributed by atoms with Crippen molar-refractivity contribution < 1.29 is 13.2 Å². The van der Waals surface area contributed by atoms with E-state index in [4.69, 9.17) is 0 Å². The minimum atomic E-state index is -3.76. The Morgan fingerprint density at radius 2 is 1.53 bits per heavy atom. The van der Waals surface area contributed by atoms with Gasteiger partial charge in [0, 0.05) is 31.4 Å². The van der Waals surface area contributed by atoms with Gasteiger partial charge in [-0.05, 0) is 48.9 Å². The maximum atomic E-state index is 12.9. The Hall–Kier alpha value is -3.32. The summed E-state index contributed by atoms with van der Waals surface area (Å²) in [6.45, 7) is 1.21. The summed E-state index contributed by atoms with van der Waals surface area (Å²) in [6, 6.07) is 24.7. The second-order valence-electron chi connectivity index (χ2n) is 6.74. The molecule has 1 amide bonds. The zero-order chi connectivity index (χ0) is 21.4. The average Bonchev–Trinajstić information content (AvgIpc) is 2.79. The van der Waals surface area contributed by atoms with E-state index >= 15 is 0 Å². The summed E-state index contributed by atoms with van der Waals surface area (Å²) in [5.74, 6) is -0.297. The van der Waals surface area contributed by atoms with Gasteiger partial charge in [0.05, 0.1) is 10.6 Å². The third kappa shape index (κ3) is 5.39. The van der Waals surface area contributed by atoms with Gasteiger partial charge >= 0.3 is 0 Å². The lowest BCUT2D eigenvalue weighted by atomic mass is 10.2. The maximum Gasteiger partial charge on any atom is 0.264 e. The molecule has 0 aliphatic heterocycles. The van der Waals surface area contributed by atoms with E-state index in [9.17, 15) is 13.2 Å². The molecule has 30 heavy (non-hydrogen) atoms. The molecule has 0 saturated carbocycles.